The zero-order valence-electron chi connectivity index (χ0n) is 19.8. The topological polar surface area (TPSA) is 115 Å². The van der Waals surface area contributed by atoms with Gasteiger partial charge in [0, 0.05) is 12.2 Å². The number of carboxylic acid groups (broad SMARTS) is 1. The Kier molecular flexibility index (Phi) is 6.27. The van der Waals surface area contributed by atoms with Crippen molar-refractivity contribution in [1.82, 2.24) is 4.90 Å². The number of nitrogens with zero attached hydrogens (tertiary/aromatic N) is 3. The van der Waals surface area contributed by atoms with E-state index in [1.165, 1.54) is 18.2 Å². The van der Waals surface area contributed by atoms with Crippen LogP contribution in [0.2, 0.25) is 0 Å². The van der Waals surface area contributed by atoms with E-state index in [9.17, 15) is 29.1 Å². The van der Waals surface area contributed by atoms with E-state index >= 15 is 0 Å². The molecule has 0 atom stereocenters. The average molecular weight is 498 g/mol. The van der Waals surface area contributed by atoms with Crippen LogP contribution in [0.25, 0.3) is 0 Å². The van der Waals surface area contributed by atoms with E-state index < -0.39 is 36.8 Å². The van der Waals surface area contributed by atoms with Crippen molar-refractivity contribution < 1.29 is 29.1 Å². The fourth-order valence-electron chi connectivity index (χ4n) is 4.83. The predicted molar refractivity (Wildman–Crippen MR) is 135 cm³/mol. The highest BCUT2D eigenvalue weighted by Crippen LogP contribution is 2.31. The second kappa shape index (κ2) is 9.69. The smallest absolute Gasteiger partial charge is 0.323 e. The number of aryl methyl sites for hydroxylation is 1. The van der Waals surface area contributed by atoms with Gasteiger partial charge in [-0.15, -0.1) is 0 Å². The number of carbonyl (C=O) groups excluding carboxylic acids is 4. The predicted octanol–water partition coefficient (Wildman–Crippen LogP) is 2.99. The average Bonchev–Trinajstić information content (AvgIpc) is 3.15. The molecule has 2 aliphatic rings. The fourth-order valence-corrected chi connectivity index (χ4v) is 4.83. The Labute approximate surface area is 212 Å². The molecule has 0 radical (unpaired) electrons. The monoisotopic (exact) mass is 497 g/mol. The van der Waals surface area contributed by atoms with Gasteiger partial charge < -0.3 is 10.0 Å². The van der Waals surface area contributed by atoms with Crippen molar-refractivity contribution in [2.24, 2.45) is 0 Å². The summed E-state index contributed by atoms with van der Waals surface area (Å²) in [7, 11) is 0. The highest BCUT2D eigenvalue weighted by atomic mass is 16.4. The van der Waals surface area contributed by atoms with Gasteiger partial charge in [0.2, 0.25) is 5.91 Å². The normalized spacial score (nSPS) is 14.3. The Morgan fingerprint density at radius 1 is 0.838 bits per heavy atom. The summed E-state index contributed by atoms with van der Waals surface area (Å²) in [4.78, 5) is 67.8. The molecule has 3 aromatic rings. The number of para-hydroxylation sites is 2. The highest BCUT2D eigenvalue weighted by molar-refractivity contribution is 6.23. The molecule has 4 amide bonds. The Morgan fingerprint density at radius 2 is 1.46 bits per heavy atom. The van der Waals surface area contributed by atoms with Crippen molar-refractivity contribution >= 4 is 41.0 Å². The zero-order chi connectivity index (χ0) is 26.1. The summed E-state index contributed by atoms with van der Waals surface area (Å²) in [5, 5.41) is 9.57. The van der Waals surface area contributed by atoms with Gasteiger partial charge in [-0.2, -0.15) is 0 Å². The van der Waals surface area contributed by atoms with Crippen molar-refractivity contribution in [2.45, 2.75) is 12.8 Å². The number of hydrogen-bond acceptors (Lipinski definition) is 5. The number of imide groups is 1. The molecule has 0 unspecified atom stereocenters. The molecule has 5 rings (SSSR count). The molecule has 2 aliphatic heterocycles. The molecule has 0 saturated heterocycles. The number of aliphatic carboxylic acids is 1. The molecule has 0 aromatic heterocycles. The van der Waals surface area contributed by atoms with E-state index in [1.807, 2.05) is 24.3 Å². The summed E-state index contributed by atoms with van der Waals surface area (Å²) in [5.41, 5.74) is 2.42. The SMILES string of the molecule is O=C(O)CN(C(=O)CN1C(=O)c2ccccc2C1=O)c1ccccc1C(=O)N1CCCc2ccccc21. The standard InChI is InChI=1S/C28H23N3O6/c32-24(16-31-26(35)19-10-2-3-11-20(19)27(31)36)30(17-25(33)34)23-14-6-4-12-21(23)28(37)29-15-7-9-18-8-1-5-13-22(18)29/h1-6,8,10-14H,7,9,15-17H2,(H,33,34). The van der Waals surface area contributed by atoms with Gasteiger partial charge in [-0.3, -0.25) is 33.8 Å². The molecule has 0 spiro atoms. The maximum Gasteiger partial charge on any atom is 0.323 e. The first kappa shape index (κ1) is 23.9. The molecule has 0 fully saturated rings. The largest absolute Gasteiger partial charge is 0.480 e. The van der Waals surface area contributed by atoms with Gasteiger partial charge in [-0.1, -0.05) is 42.5 Å². The lowest BCUT2D eigenvalue weighted by Crippen LogP contribution is -2.45. The number of benzene rings is 3. The van der Waals surface area contributed by atoms with Crippen molar-refractivity contribution in [3.8, 4) is 0 Å². The van der Waals surface area contributed by atoms with Gasteiger partial charge in [0.1, 0.15) is 13.1 Å². The number of carbonyl (C=O) groups is 5. The minimum absolute atomic E-state index is 0.0968. The fraction of sp³-hybridized carbons (Fsp3) is 0.179. The van der Waals surface area contributed by atoms with Crippen LogP contribution < -0.4 is 9.80 Å². The second-order valence-corrected chi connectivity index (χ2v) is 8.82. The van der Waals surface area contributed by atoms with E-state index in [0.717, 1.165) is 33.9 Å². The summed E-state index contributed by atoms with van der Waals surface area (Å²) in [5.74, 6) is -3.72. The molecule has 9 heteroatoms. The second-order valence-electron chi connectivity index (χ2n) is 8.82. The third-order valence-electron chi connectivity index (χ3n) is 6.55. The van der Waals surface area contributed by atoms with E-state index in [-0.39, 0.29) is 28.3 Å². The molecule has 1 N–H and O–H groups in total. The maximum atomic E-state index is 13.7. The minimum atomic E-state index is -1.30. The van der Waals surface area contributed by atoms with Crippen LogP contribution in [-0.2, 0) is 16.0 Å². The van der Waals surface area contributed by atoms with E-state index in [4.69, 9.17) is 0 Å². The van der Waals surface area contributed by atoms with Gasteiger partial charge in [0.05, 0.1) is 22.4 Å². The van der Waals surface area contributed by atoms with Gasteiger partial charge in [0.15, 0.2) is 0 Å². The quantitative estimate of drug-likeness (QED) is 0.524. The molecular formula is C28H23N3O6. The molecule has 2 heterocycles. The number of amides is 4. The molecule has 3 aromatic carbocycles. The molecule has 37 heavy (non-hydrogen) atoms. The minimum Gasteiger partial charge on any atom is -0.480 e. The zero-order valence-corrected chi connectivity index (χ0v) is 19.8. The maximum absolute atomic E-state index is 13.7. The summed E-state index contributed by atoms with van der Waals surface area (Å²) in [6, 6.07) is 20.1. The van der Waals surface area contributed by atoms with Gasteiger partial charge >= 0.3 is 5.97 Å². The first-order valence-electron chi connectivity index (χ1n) is 11.8. The van der Waals surface area contributed by atoms with Crippen LogP contribution >= 0.6 is 0 Å². The van der Waals surface area contributed by atoms with E-state index in [1.54, 1.807) is 35.2 Å². The van der Waals surface area contributed by atoms with Crippen LogP contribution in [0.1, 0.15) is 43.1 Å². The van der Waals surface area contributed by atoms with Crippen molar-refractivity contribution in [3.63, 3.8) is 0 Å². The molecule has 186 valence electrons. The van der Waals surface area contributed by atoms with Crippen LogP contribution in [0.15, 0.2) is 72.8 Å². The lowest BCUT2D eigenvalue weighted by molar-refractivity contribution is -0.136. The van der Waals surface area contributed by atoms with Crippen LogP contribution in [0.5, 0.6) is 0 Å². The Bertz CT molecular complexity index is 1410. The van der Waals surface area contributed by atoms with Crippen LogP contribution in [0.4, 0.5) is 11.4 Å². The summed E-state index contributed by atoms with van der Waals surface area (Å²) >= 11 is 0. The van der Waals surface area contributed by atoms with Crippen LogP contribution in [0, 0.1) is 0 Å². The number of rotatable bonds is 6. The highest BCUT2D eigenvalue weighted by Gasteiger charge is 2.38. The number of anilines is 2. The van der Waals surface area contributed by atoms with Gasteiger partial charge in [-0.05, 0) is 48.7 Å². The molecular weight excluding hydrogens is 474 g/mol. The third kappa shape index (κ3) is 4.35. The molecule has 0 saturated carbocycles. The van der Waals surface area contributed by atoms with Crippen molar-refractivity contribution in [1.29, 1.82) is 0 Å². The molecule has 9 nitrogen and oxygen atoms in total. The van der Waals surface area contributed by atoms with Crippen LogP contribution in [-0.4, -0.2) is 59.2 Å². The summed E-state index contributed by atoms with van der Waals surface area (Å²) in [6.45, 7) is -0.927. The van der Waals surface area contributed by atoms with Crippen molar-refractivity contribution in [3.05, 3.63) is 95.1 Å². The third-order valence-corrected chi connectivity index (χ3v) is 6.55. The molecule has 0 bridgehead atoms. The van der Waals surface area contributed by atoms with Gasteiger partial charge in [0.25, 0.3) is 17.7 Å². The van der Waals surface area contributed by atoms with E-state index in [2.05, 4.69) is 0 Å². The lowest BCUT2D eigenvalue weighted by Gasteiger charge is -2.31. The molecule has 0 aliphatic carbocycles. The number of carboxylic acids is 1. The first-order valence-corrected chi connectivity index (χ1v) is 11.8. The summed E-state index contributed by atoms with van der Waals surface area (Å²) in [6.07, 6.45) is 1.61. The lowest BCUT2D eigenvalue weighted by atomic mass is 10.0. The Morgan fingerprint density at radius 3 is 2.16 bits per heavy atom. The van der Waals surface area contributed by atoms with Gasteiger partial charge in [-0.25, -0.2) is 0 Å². The van der Waals surface area contributed by atoms with Crippen LogP contribution in [0.3, 0.4) is 0 Å². The first-order chi connectivity index (χ1) is 17.9. The number of fused-ring (bicyclic) bond motifs is 2. The number of hydrogen-bond donors (Lipinski definition) is 1. The Balaban J connectivity index is 1.47. The summed E-state index contributed by atoms with van der Waals surface area (Å²) < 4.78 is 0. The van der Waals surface area contributed by atoms with Crippen molar-refractivity contribution in [2.75, 3.05) is 29.4 Å². The van der Waals surface area contributed by atoms with E-state index in [0.29, 0.717) is 6.54 Å². The Hall–Kier alpha value is -4.79.